The monoisotopic (exact) mass is 444 g/mol. The molecule has 0 saturated heterocycles. The first kappa shape index (κ1) is 16.1. The Kier molecular flexibility index (Phi) is 4.21. The van der Waals surface area contributed by atoms with E-state index in [1.165, 1.54) is 12.1 Å². The van der Waals surface area contributed by atoms with Gasteiger partial charge < -0.3 is 14.6 Å². The SMILES string of the molecule is CCc1oc2cc(O)ccc2c1C(=O)[13c]1[13cH][13c](Br)[13c](O)[13c](Br)[13cH]1. The molecule has 23 heavy (non-hydrogen) atoms. The minimum atomic E-state index is -0.201. The first-order chi connectivity index (χ1) is 10.9. The van der Waals surface area contributed by atoms with Crippen molar-refractivity contribution >= 4 is 48.6 Å². The zero-order valence-electron chi connectivity index (χ0n) is 12.1. The van der Waals surface area contributed by atoms with Gasteiger partial charge in [-0.1, -0.05) is 6.92 Å². The van der Waals surface area contributed by atoms with Crippen molar-refractivity contribution in [3.05, 3.63) is 56.2 Å². The molecular formula is C17H12Br2O4. The largest absolute Gasteiger partial charge is 0.508 e. The molecule has 2 N–H and O–H groups in total. The van der Waals surface area contributed by atoms with Gasteiger partial charge in [0.05, 0.1) is 14.5 Å². The average Bonchev–Trinajstić information content (AvgIpc) is 2.88. The average molecular weight is 446 g/mol. The van der Waals surface area contributed by atoms with Crippen molar-refractivity contribution in [1.82, 2.24) is 0 Å². The standard InChI is InChI=1S/C17H12Br2O4/c1-2-13-15(10-4-3-9(20)7-14(10)23-13)16(21)8-5-11(18)17(22)12(19)6-8/h3-7,20,22H,2H2,1H3/i5+1,6+1,8+1,11+1,12+1,17+1. The number of hydrogen-bond acceptors (Lipinski definition) is 4. The summed E-state index contributed by atoms with van der Waals surface area (Å²) in [6.45, 7) is 1.90. The molecule has 0 aliphatic rings. The van der Waals surface area contributed by atoms with Crippen LogP contribution in [0.3, 0.4) is 0 Å². The lowest BCUT2D eigenvalue weighted by atomic mass is 10.1. The van der Waals surface area contributed by atoms with Gasteiger partial charge in [-0.05, 0) is 56.1 Å². The first-order valence-electron chi connectivity index (χ1n) is 6.89. The lowest BCUT2D eigenvalue weighted by molar-refractivity contribution is 0.103. The van der Waals surface area contributed by atoms with E-state index in [-0.39, 0.29) is 17.3 Å². The Balaban J connectivity index is 2.21. The summed E-state index contributed by atoms with van der Waals surface area (Å²) < 4.78 is 6.56. The maximum absolute atomic E-state index is 13.0. The van der Waals surface area contributed by atoms with Crippen LogP contribution in [-0.4, -0.2) is 16.0 Å². The number of phenolic OH excluding ortho intramolecular Hbond substituents is 2. The quantitative estimate of drug-likeness (QED) is 0.546. The molecule has 0 spiro atoms. The molecule has 2 aromatic carbocycles. The summed E-state index contributed by atoms with van der Waals surface area (Å²) in [7, 11) is 0. The number of carbonyl (C=O) groups is 1. The zero-order chi connectivity index (χ0) is 16.7. The van der Waals surface area contributed by atoms with E-state index in [9.17, 15) is 15.0 Å². The minimum Gasteiger partial charge on any atom is -0.508 e. The Hall–Kier alpha value is -1.79. The molecule has 0 fully saturated rings. The third-order valence-corrected chi connectivity index (χ3v) is 4.78. The van der Waals surface area contributed by atoms with Crippen molar-refractivity contribution in [3.63, 3.8) is 0 Å². The fraction of sp³-hybridized carbons (Fsp3) is 0.118. The van der Waals surface area contributed by atoms with Gasteiger partial charge in [0.15, 0.2) is 5.78 Å². The van der Waals surface area contributed by atoms with Crippen molar-refractivity contribution in [2.45, 2.75) is 13.3 Å². The van der Waals surface area contributed by atoms with Gasteiger partial charge in [0, 0.05) is 23.4 Å². The van der Waals surface area contributed by atoms with E-state index in [0.29, 0.717) is 43.2 Å². The molecule has 0 bridgehead atoms. The molecule has 0 aliphatic heterocycles. The Morgan fingerprint density at radius 1 is 1.13 bits per heavy atom. The number of hydrogen-bond donors (Lipinski definition) is 2. The van der Waals surface area contributed by atoms with Gasteiger partial charge in [-0.2, -0.15) is 0 Å². The van der Waals surface area contributed by atoms with Crippen LogP contribution in [0.15, 0.2) is 43.7 Å². The van der Waals surface area contributed by atoms with E-state index >= 15 is 0 Å². The molecule has 3 rings (SSSR count). The van der Waals surface area contributed by atoms with Crippen molar-refractivity contribution in [2.24, 2.45) is 0 Å². The minimum absolute atomic E-state index is 0.0410. The van der Waals surface area contributed by atoms with Crippen molar-refractivity contribution < 1.29 is 19.4 Å². The molecule has 118 valence electrons. The molecule has 4 nitrogen and oxygen atoms in total. The van der Waals surface area contributed by atoms with Crippen molar-refractivity contribution in [3.8, 4) is 11.5 Å². The number of benzene rings is 2. The highest BCUT2D eigenvalue weighted by Crippen LogP contribution is 2.36. The molecule has 0 radical (unpaired) electrons. The number of halogens is 2. The molecule has 1 heterocycles. The van der Waals surface area contributed by atoms with E-state index in [2.05, 4.69) is 31.9 Å². The van der Waals surface area contributed by atoms with Crippen LogP contribution in [-0.2, 0) is 6.42 Å². The predicted octanol–water partition coefficient (Wildman–Crippen LogP) is 5.16. The number of fused-ring (bicyclic) bond motifs is 1. The summed E-state index contributed by atoms with van der Waals surface area (Å²) in [4.78, 5) is 13.0. The summed E-state index contributed by atoms with van der Waals surface area (Å²) >= 11 is 6.47. The Morgan fingerprint density at radius 2 is 1.78 bits per heavy atom. The molecule has 0 amide bonds. The lowest BCUT2D eigenvalue weighted by Gasteiger charge is -2.06. The van der Waals surface area contributed by atoms with Crippen molar-refractivity contribution in [1.29, 1.82) is 0 Å². The van der Waals surface area contributed by atoms with Crippen LogP contribution in [0, 0.1) is 0 Å². The number of ketones is 1. The van der Waals surface area contributed by atoms with Gasteiger partial charge in [-0.3, -0.25) is 4.79 Å². The van der Waals surface area contributed by atoms with Gasteiger partial charge in [-0.25, -0.2) is 0 Å². The number of phenols is 2. The van der Waals surface area contributed by atoms with Crippen molar-refractivity contribution in [2.75, 3.05) is 0 Å². The molecule has 1 aromatic heterocycles. The number of aryl methyl sites for hydroxylation is 1. The maximum Gasteiger partial charge on any atom is 0.197 e. The summed E-state index contributed by atoms with van der Waals surface area (Å²) in [5.74, 6) is 0.492. The lowest BCUT2D eigenvalue weighted by Crippen LogP contribution is -2.03. The van der Waals surface area contributed by atoms with Gasteiger partial charge >= 0.3 is 0 Å². The van der Waals surface area contributed by atoms with Gasteiger partial charge in [0.1, 0.15) is 22.8 Å². The fourth-order valence-electron chi connectivity index (χ4n) is 2.47. The summed E-state index contributed by atoms with van der Waals surface area (Å²) in [6.07, 6.45) is 0.553. The van der Waals surface area contributed by atoms with E-state index < -0.39 is 0 Å². The maximum atomic E-state index is 13.0. The van der Waals surface area contributed by atoms with Gasteiger partial charge in [0.2, 0.25) is 0 Å². The topological polar surface area (TPSA) is 70.7 Å². The second-order valence-electron chi connectivity index (χ2n) is 5.05. The first-order valence-corrected chi connectivity index (χ1v) is 8.48. The highest BCUT2D eigenvalue weighted by atomic mass is 79.9. The van der Waals surface area contributed by atoms with E-state index in [0.717, 1.165) is 0 Å². The Labute approximate surface area is 149 Å². The fourth-order valence-corrected chi connectivity index (χ4v) is 3.66. The number of carbonyl (C=O) groups excluding carboxylic acids is 1. The van der Waals surface area contributed by atoms with E-state index in [1.54, 1.807) is 18.2 Å². The normalized spacial score (nSPS) is 11.1. The second-order valence-corrected chi connectivity index (χ2v) is 6.76. The molecule has 0 saturated carbocycles. The van der Waals surface area contributed by atoms with Crippen LogP contribution in [0.2, 0.25) is 0 Å². The summed E-state index contributed by atoms with van der Waals surface area (Å²) in [5, 5.41) is 20.0. The number of aromatic hydroxyl groups is 2. The van der Waals surface area contributed by atoms with Crippen LogP contribution >= 0.6 is 31.9 Å². The van der Waals surface area contributed by atoms with E-state index in [1.807, 2.05) is 6.92 Å². The van der Waals surface area contributed by atoms with Crippen LogP contribution in [0.5, 0.6) is 11.5 Å². The molecule has 0 aliphatic carbocycles. The predicted molar refractivity (Wildman–Crippen MR) is 94.2 cm³/mol. The highest BCUT2D eigenvalue weighted by Gasteiger charge is 2.22. The van der Waals surface area contributed by atoms with E-state index in [4.69, 9.17) is 4.42 Å². The third kappa shape index (κ3) is 2.77. The van der Waals surface area contributed by atoms with Crippen LogP contribution in [0.25, 0.3) is 11.0 Å². The highest BCUT2D eigenvalue weighted by molar-refractivity contribution is 9.11. The van der Waals surface area contributed by atoms with Gasteiger partial charge in [0.25, 0.3) is 0 Å². The van der Waals surface area contributed by atoms with Gasteiger partial charge in [-0.15, -0.1) is 0 Å². The zero-order valence-corrected chi connectivity index (χ0v) is 15.2. The third-order valence-electron chi connectivity index (χ3n) is 3.57. The van der Waals surface area contributed by atoms with Crippen LogP contribution in [0.1, 0.15) is 28.6 Å². The molecule has 0 atom stereocenters. The molecular weight excluding hydrogens is 434 g/mol. The second kappa shape index (κ2) is 6.02. The van der Waals surface area contributed by atoms with Crippen LogP contribution < -0.4 is 0 Å². The smallest absolute Gasteiger partial charge is 0.197 e. The molecule has 3 aromatic rings. The number of furan rings is 1. The Bertz CT molecular complexity index is 905. The Morgan fingerprint density at radius 3 is 2.39 bits per heavy atom. The molecule has 0 unspecified atom stereocenters. The molecule has 6 heteroatoms. The van der Waals surface area contributed by atoms with Crippen LogP contribution in [0.4, 0.5) is 0 Å². The summed E-state index contributed by atoms with van der Waals surface area (Å²) in [5.41, 5.74) is 1.38. The number of rotatable bonds is 3. The summed E-state index contributed by atoms with van der Waals surface area (Å²) in [6, 6.07) is 7.83.